The number of rotatable bonds is 6. The van der Waals surface area contributed by atoms with E-state index in [-0.39, 0.29) is 23.5 Å². The van der Waals surface area contributed by atoms with Crippen LogP contribution in [0.15, 0.2) is 30.3 Å². The summed E-state index contributed by atoms with van der Waals surface area (Å²) >= 11 is 11.9. The van der Waals surface area contributed by atoms with E-state index in [1.165, 1.54) is 26.4 Å². The van der Waals surface area contributed by atoms with Gasteiger partial charge in [0.15, 0.2) is 17.8 Å². The van der Waals surface area contributed by atoms with Crippen LogP contribution in [0.3, 0.4) is 0 Å². The Bertz CT molecular complexity index is 774. The molecule has 2 aromatic carbocycles. The number of hydrogen-bond donors (Lipinski definition) is 0. The Hall–Kier alpha value is -2.24. The third-order valence-electron chi connectivity index (χ3n) is 3.28. The summed E-state index contributed by atoms with van der Waals surface area (Å²) in [6.45, 7) is -0.0759. The number of carbonyl (C=O) groups is 2. The van der Waals surface area contributed by atoms with Crippen molar-refractivity contribution in [3.8, 4) is 11.5 Å². The third kappa shape index (κ3) is 3.80. The zero-order valence-electron chi connectivity index (χ0n) is 13.0. The Morgan fingerprint density at radius 1 is 1.12 bits per heavy atom. The van der Waals surface area contributed by atoms with Crippen molar-refractivity contribution in [2.24, 2.45) is 0 Å². The highest BCUT2D eigenvalue weighted by Gasteiger charge is 2.23. The molecule has 0 atom stereocenters. The molecule has 0 aliphatic heterocycles. The molecule has 0 fully saturated rings. The van der Waals surface area contributed by atoms with Gasteiger partial charge in [-0.3, -0.25) is 4.79 Å². The fourth-order valence-electron chi connectivity index (χ4n) is 2.11. The fourth-order valence-corrected chi connectivity index (χ4v) is 2.57. The maximum absolute atomic E-state index is 12.4. The van der Waals surface area contributed by atoms with E-state index in [9.17, 15) is 9.59 Å². The molecule has 0 radical (unpaired) electrons. The lowest BCUT2D eigenvalue weighted by Crippen LogP contribution is -2.11. The maximum Gasteiger partial charge on any atom is 0.343 e. The van der Waals surface area contributed by atoms with Gasteiger partial charge in [0.2, 0.25) is 0 Å². The number of benzene rings is 2. The van der Waals surface area contributed by atoms with Gasteiger partial charge >= 0.3 is 5.97 Å². The second-order valence-electron chi connectivity index (χ2n) is 4.70. The van der Waals surface area contributed by atoms with Gasteiger partial charge in [0.05, 0.1) is 14.2 Å². The lowest BCUT2D eigenvalue weighted by molar-refractivity contribution is 0.0466. The van der Waals surface area contributed by atoms with Crippen LogP contribution in [0.2, 0.25) is 10.0 Å². The minimum Gasteiger partial charge on any atom is -0.493 e. The number of aldehydes is 1. The number of esters is 1. The highest BCUT2D eigenvalue weighted by molar-refractivity contribution is 6.35. The molecule has 7 heteroatoms. The quantitative estimate of drug-likeness (QED) is 0.565. The second-order valence-corrected chi connectivity index (χ2v) is 5.54. The minimum atomic E-state index is -0.723. The van der Waals surface area contributed by atoms with Crippen LogP contribution in [-0.4, -0.2) is 26.5 Å². The van der Waals surface area contributed by atoms with Gasteiger partial charge in [-0.1, -0.05) is 29.3 Å². The van der Waals surface area contributed by atoms with Crippen LogP contribution in [0.25, 0.3) is 0 Å². The maximum atomic E-state index is 12.4. The van der Waals surface area contributed by atoms with Crippen molar-refractivity contribution in [3.63, 3.8) is 0 Å². The molecular formula is C17H14Cl2O5. The lowest BCUT2D eigenvalue weighted by atomic mass is 10.1. The molecular weight excluding hydrogens is 355 g/mol. The van der Waals surface area contributed by atoms with Crippen LogP contribution >= 0.6 is 23.2 Å². The Morgan fingerprint density at radius 3 is 2.46 bits per heavy atom. The molecule has 5 nitrogen and oxygen atoms in total. The minimum absolute atomic E-state index is 0.00284. The molecule has 0 spiro atoms. The summed E-state index contributed by atoms with van der Waals surface area (Å²) in [4.78, 5) is 23.7. The van der Waals surface area contributed by atoms with Crippen LogP contribution in [0, 0.1) is 0 Å². The lowest BCUT2D eigenvalue weighted by Gasteiger charge is -2.14. The van der Waals surface area contributed by atoms with Crippen molar-refractivity contribution < 1.29 is 23.8 Å². The number of methoxy groups -OCH3 is 2. The fraction of sp³-hybridized carbons (Fsp3) is 0.176. The molecule has 0 amide bonds. The van der Waals surface area contributed by atoms with Crippen molar-refractivity contribution in [2.75, 3.05) is 14.2 Å². The second kappa shape index (κ2) is 8.04. The molecule has 2 aromatic rings. The van der Waals surface area contributed by atoms with Crippen LogP contribution in [0.4, 0.5) is 0 Å². The van der Waals surface area contributed by atoms with E-state index < -0.39 is 5.97 Å². The van der Waals surface area contributed by atoms with Crippen molar-refractivity contribution in [1.29, 1.82) is 0 Å². The van der Waals surface area contributed by atoms with Crippen molar-refractivity contribution in [1.82, 2.24) is 0 Å². The monoisotopic (exact) mass is 368 g/mol. The van der Waals surface area contributed by atoms with Crippen LogP contribution in [0.5, 0.6) is 11.5 Å². The molecule has 0 aliphatic rings. The van der Waals surface area contributed by atoms with E-state index in [0.29, 0.717) is 27.6 Å². The Morgan fingerprint density at radius 2 is 1.88 bits per heavy atom. The zero-order valence-corrected chi connectivity index (χ0v) is 14.5. The average molecular weight is 369 g/mol. The first-order valence-corrected chi connectivity index (χ1v) is 7.58. The first kappa shape index (κ1) is 18.1. The first-order chi connectivity index (χ1) is 11.5. The molecule has 0 saturated carbocycles. The Kier molecular flexibility index (Phi) is 6.06. The van der Waals surface area contributed by atoms with E-state index in [1.807, 2.05) is 0 Å². The number of halogens is 2. The molecule has 0 bridgehead atoms. The van der Waals surface area contributed by atoms with Gasteiger partial charge in [0.1, 0.15) is 12.2 Å². The van der Waals surface area contributed by atoms with E-state index in [4.69, 9.17) is 37.4 Å². The SMILES string of the molecule is COc1ccc(C=O)c(C(=O)OCc2ccc(Cl)cc2Cl)c1OC. The number of ether oxygens (including phenoxy) is 3. The smallest absolute Gasteiger partial charge is 0.343 e. The first-order valence-electron chi connectivity index (χ1n) is 6.83. The van der Waals surface area contributed by atoms with Gasteiger partial charge in [-0.05, 0) is 24.3 Å². The zero-order chi connectivity index (χ0) is 17.7. The molecule has 24 heavy (non-hydrogen) atoms. The van der Waals surface area contributed by atoms with Crippen LogP contribution < -0.4 is 9.47 Å². The van der Waals surface area contributed by atoms with Crippen molar-refractivity contribution in [2.45, 2.75) is 6.61 Å². The summed E-state index contributed by atoms with van der Waals surface area (Å²) in [6.07, 6.45) is 0.549. The van der Waals surface area contributed by atoms with Gasteiger partial charge in [-0.25, -0.2) is 4.79 Å². The van der Waals surface area contributed by atoms with Crippen molar-refractivity contribution in [3.05, 3.63) is 57.1 Å². The summed E-state index contributed by atoms with van der Waals surface area (Å²) in [5, 5.41) is 0.858. The summed E-state index contributed by atoms with van der Waals surface area (Å²) in [5.74, 6) is -0.271. The molecule has 0 N–H and O–H groups in total. The Labute approximate surface area is 149 Å². The van der Waals surface area contributed by atoms with Crippen LogP contribution in [0.1, 0.15) is 26.3 Å². The van der Waals surface area contributed by atoms with E-state index >= 15 is 0 Å². The summed E-state index contributed by atoms with van der Waals surface area (Å²) in [6, 6.07) is 7.84. The average Bonchev–Trinajstić information content (AvgIpc) is 2.59. The predicted octanol–water partition coefficient (Wildman–Crippen LogP) is 4.18. The van der Waals surface area contributed by atoms with E-state index in [1.54, 1.807) is 18.2 Å². The van der Waals surface area contributed by atoms with Gasteiger partial charge in [0.25, 0.3) is 0 Å². The molecule has 0 saturated heterocycles. The third-order valence-corrected chi connectivity index (χ3v) is 3.87. The predicted molar refractivity (Wildman–Crippen MR) is 90.5 cm³/mol. The standard InChI is InChI=1S/C17H14Cl2O5/c1-22-14-6-4-10(8-20)15(16(14)23-2)17(21)24-9-11-3-5-12(18)7-13(11)19/h3-8H,9H2,1-2H3. The molecule has 126 valence electrons. The summed E-state index contributed by atoms with van der Waals surface area (Å²) in [5.41, 5.74) is 0.723. The normalized spacial score (nSPS) is 10.2. The largest absolute Gasteiger partial charge is 0.493 e. The summed E-state index contributed by atoms with van der Waals surface area (Å²) < 4.78 is 15.6. The van der Waals surface area contributed by atoms with E-state index in [0.717, 1.165) is 0 Å². The van der Waals surface area contributed by atoms with Crippen LogP contribution in [-0.2, 0) is 11.3 Å². The topological polar surface area (TPSA) is 61.8 Å². The van der Waals surface area contributed by atoms with Gasteiger partial charge in [0, 0.05) is 21.2 Å². The summed E-state index contributed by atoms with van der Waals surface area (Å²) in [7, 11) is 2.81. The van der Waals surface area contributed by atoms with Gasteiger partial charge in [-0.15, -0.1) is 0 Å². The molecule has 0 unspecified atom stereocenters. The number of hydrogen-bond acceptors (Lipinski definition) is 5. The molecule has 0 aliphatic carbocycles. The molecule has 0 aromatic heterocycles. The number of carbonyl (C=O) groups excluding carboxylic acids is 2. The van der Waals surface area contributed by atoms with Crippen molar-refractivity contribution >= 4 is 35.5 Å². The molecule has 0 heterocycles. The van der Waals surface area contributed by atoms with Gasteiger partial charge in [-0.2, -0.15) is 0 Å². The van der Waals surface area contributed by atoms with Gasteiger partial charge < -0.3 is 14.2 Å². The highest BCUT2D eigenvalue weighted by Crippen LogP contribution is 2.33. The van der Waals surface area contributed by atoms with E-state index in [2.05, 4.69) is 0 Å². The highest BCUT2D eigenvalue weighted by atomic mass is 35.5. The molecule has 2 rings (SSSR count). The Balaban J connectivity index is 2.30.